The van der Waals surface area contributed by atoms with E-state index >= 15 is 0 Å². The molecule has 1 unspecified atom stereocenters. The van der Waals surface area contributed by atoms with Crippen molar-refractivity contribution in [1.82, 2.24) is 0 Å². The van der Waals surface area contributed by atoms with E-state index in [1.54, 1.807) is 0 Å². The van der Waals surface area contributed by atoms with E-state index < -0.39 is 6.10 Å². The highest BCUT2D eigenvalue weighted by Crippen LogP contribution is 2.15. The number of rotatable bonds is 57. The lowest BCUT2D eigenvalue weighted by molar-refractivity contribution is -0.167. The van der Waals surface area contributed by atoms with E-state index in [0.717, 1.165) is 167 Å². The van der Waals surface area contributed by atoms with E-state index in [4.69, 9.17) is 14.2 Å². The lowest BCUT2D eigenvalue weighted by Crippen LogP contribution is -2.30. The normalized spacial score (nSPS) is 13.1. The summed E-state index contributed by atoms with van der Waals surface area (Å²) in [4.78, 5) is 38.3. The molecule has 0 bridgehead atoms. The van der Waals surface area contributed by atoms with Crippen molar-refractivity contribution in [1.29, 1.82) is 0 Å². The fraction of sp³-hybridized carbons (Fsp3) is 0.630. The molecule has 446 valence electrons. The van der Waals surface area contributed by atoms with Crippen LogP contribution < -0.4 is 0 Å². The number of unbranched alkanes of at least 4 members (excludes halogenated alkanes) is 22. The highest BCUT2D eigenvalue weighted by atomic mass is 16.6. The molecule has 6 heteroatoms. The molecule has 0 fully saturated rings. The maximum atomic E-state index is 12.9. The van der Waals surface area contributed by atoms with Gasteiger partial charge in [0.15, 0.2) is 6.10 Å². The van der Waals surface area contributed by atoms with Crippen LogP contribution in [0.5, 0.6) is 0 Å². The quantitative estimate of drug-likeness (QED) is 0.0261. The van der Waals surface area contributed by atoms with E-state index in [-0.39, 0.29) is 37.5 Å². The van der Waals surface area contributed by atoms with Crippen molar-refractivity contribution in [3.8, 4) is 0 Å². The first-order valence-electron chi connectivity index (χ1n) is 32.3. The fourth-order valence-electron chi connectivity index (χ4n) is 8.53. The fourth-order valence-corrected chi connectivity index (χ4v) is 8.53. The van der Waals surface area contributed by atoms with Crippen molar-refractivity contribution < 1.29 is 28.6 Å². The molecule has 0 radical (unpaired) electrons. The maximum Gasteiger partial charge on any atom is 0.306 e. The minimum atomic E-state index is -0.806. The molecule has 1 atom stereocenters. The zero-order valence-electron chi connectivity index (χ0n) is 51.1. The summed E-state index contributed by atoms with van der Waals surface area (Å²) >= 11 is 0. The average molecular weight is 1090 g/mol. The maximum absolute atomic E-state index is 12.9. The largest absolute Gasteiger partial charge is 0.462 e. The lowest BCUT2D eigenvalue weighted by atomic mass is 10.0. The van der Waals surface area contributed by atoms with Gasteiger partial charge in [-0.05, 0) is 135 Å². The van der Waals surface area contributed by atoms with Crippen LogP contribution in [-0.4, -0.2) is 37.2 Å². The van der Waals surface area contributed by atoms with Crippen LogP contribution in [0, 0.1) is 0 Å². The standard InChI is InChI=1S/C73H118O6/c1-4-7-10-13-16-19-22-25-27-29-31-33-35-36-38-39-41-43-45-48-51-54-57-60-63-66-72(75)78-69-70(68-77-71(74)65-62-59-56-53-50-47-24-21-18-15-12-9-6-3)79-73(76)67-64-61-58-55-52-49-46-44-42-40-37-34-32-30-28-26-23-20-17-14-11-8-5-2/h7-8,10-12,15-17,19-21,24-28,31-34,40,42,46,49,70H,4-6,9,13-14,18,22-23,29-30,35-39,41,43-45,47-48,50-69H2,1-3H3/b10-7-,11-8-,15-12-,19-16-,20-17-,24-21-,27-25-,28-26-,33-31-,34-32-,42-40-,49-46-. The van der Waals surface area contributed by atoms with Gasteiger partial charge in [-0.15, -0.1) is 0 Å². The first-order valence-corrected chi connectivity index (χ1v) is 32.3. The van der Waals surface area contributed by atoms with Crippen LogP contribution >= 0.6 is 0 Å². The molecule has 0 aromatic carbocycles. The molecule has 0 saturated heterocycles. The number of carbonyl (C=O) groups excluding carboxylic acids is 3. The van der Waals surface area contributed by atoms with Gasteiger partial charge in [-0.25, -0.2) is 0 Å². The van der Waals surface area contributed by atoms with Crippen LogP contribution in [0.2, 0.25) is 0 Å². The number of hydrogen-bond donors (Lipinski definition) is 0. The average Bonchev–Trinajstić information content (AvgIpc) is 3.45. The molecule has 0 amide bonds. The summed E-state index contributed by atoms with van der Waals surface area (Å²) in [6.45, 7) is 6.32. The van der Waals surface area contributed by atoms with Gasteiger partial charge in [0.1, 0.15) is 13.2 Å². The van der Waals surface area contributed by atoms with Crippen molar-refractivity contribution in [2.24, 2.45) is 0 Å². The molecule has 0 aliphatic heterocycles. The molecule has 0 rings (SSSR count). The minimum Gasteiger partial charge on any atom is -0.462 e. The molecule has 0 aliphatic carbocycles. The Labute approximate surface area is 487 Å². The highest BCUT2D eigenvalue weighted by Gasteiger charge is 2.19. The van der Waals surface area contributed by atoms with Gasteiger partial charge >= 0.3 is 17.9 Å². The summed E-state index contributed by atoms with van der Waals surface area (Å²) in [5, 5.41) is 0. The van der Waals surface area contributed by atoms with Crippen molar-refractivity contribution in [3.63, 3.8) is 0 Å². The van der Waals surface area contributed by atoms with Crippen LogP contribution in [0.1, 0.15) is 278 Å². The van der Waals surface area contributed by atoms with Gasteiger partial charge in [-0.2, -0.15) is 0 Å². The molecule has 0 aliphatic rings. The molecule has 0 aromatic heterocycles. The van der Waals surface area contributed by atoms with Gasteiger partial charge in [0.2, 0.25) is 0 Å². The second-order valence-corrected chi connectivity index (χ2v) is 20.9. The van der Waals surface area contributed by atoms with E-state index in [1.165, 1.54) is 70.6 Å². The first kappa shape index (κ1) is 74.3. The SMILES string of the molecule is CC/C=C\C/C=C\C/C=C\C/C=C\C/C=C\C/C=C\CCCCCCC(=O)OC(COC(=O)CCCCCCC/C=C\C/C=C\CCC)COC(=O)CCCCCCCCCCCCCC/C=C\C/C=C\C/C=C\C/C=C\CC. The summed E-state index contributed by atoms with van der Waals surface area (Å²) < 4.78 is 16.9. The molecule has 0 N–H and O–H groups in total. The number of ether oxygens (including phenoxy) is 3. The summed E-state index contributed by atoms with van der Waals surface area (Å²) in [6, 6.07) is 0. The summed E-state index contributed by atoms with van der Waals surface area (Å²) in [5.74, 6) is -0.940. The molecular formula is C73H118O6. The number of hydrogen-bond acceptors (Lipinski definition) is 6. The summed E-state index contributed by atoms with van der Waals surface area (Å²) in [6.07, 6.45) is 94.2. The number of allylic oxidation sites excluding steroid dienone is 24. The van der Waals surface area contributed by atoms with Crippen LogP contribution in [0.15, 0.2) is 146 Å². The van der Waals surface area contributed by atoms with Gasteiger partial charge in [-0.3, -0.25) is 14.4 Å². The topological polar surface area (TPSA) is 78.9 Å². The van der Waals surface area contributed by atoms with E-state index in [2.05, 4.69) is 167 Å². The first-order chi connectivity index (χ1) is 39.0. The van der Waals surface area contributed by atoms with Crippen molar-refractivity contribution in [2.75, 3.05) is 13.2 Å². The zero-order valence-corrected chi connectivity index (χ0v) is 51.1. The van der Waals surface area contributed by atoms with Crippen LogP contribution in [0.3, 0.4) is 0 Å². The molecule has 0 heterocycles. The third kappa shape index (κ3) is 64.0. The van der Waals surface area contributed by atoms with Crippen molar-refractivity contribution in [2.45, 2.75) is 284 Å². The second-order valence-electron chi connectivity index (χ2n) is 20.9. The molecule has 6 nitrogen and oxygen atoms in total. The monoisotopic (exact) mass is 1090 g/mol. The Morgan fingerprint density at radius 2 is 0.494 bits per heavy atom. The van der Waals surface area contributed by atoms with Gasteiger partial charge in [0.25, 0.3) is 0 Å². The summed E-state index contributed by atoms with van der Waals surface area (Å²) in [5.41, 5.74) is 0. The van der Waals surface area contributed by atoms with Gasteiger partial charge in [0.05, 0.1) is 0 Å². The Balaban J connectivity index is 4.40. The van der Waals surface area contributed by atoms with Gasteiger partial charge in [0, 0.05) is 19.3 Å². The lowest BCUT2D eigenvalue weighted by Gasteiger charge is -2.18. The Morgan fingerprint density at radius 3 is 0.772 bits per heavy atom. The molecular weight excluding hydrogens is 973 g/mol. The summed E-state index contributed by atoms with van der Waals surface area (Å²) in [7, 11) is 0. The molecule has 0 spiro atoms. The number of carbonyl (C=O) groups is 3. The van der Waals surface area contributed by atoms with E-state index in [1.807, 2.05) is 0 Å². The number of esters is 3. The Bertz CT molecular complexity index is 1730. The molecule has 79 heavy (non-hydrogen) atoms. The van der Waals surface area contributed by atoms with E-state index in [9.17, 15) is 14.4 Å². The van der Waals surface area contributed by atoms with Crippen LogP contribution in [0.4, 0.5) is 0 Å². The smallest absolute Gasteiger partial charge is 0.306 e. The Kier molecular flexibility index (Phi) is 61.9. The minimum absolute atomic E-state index is 0.0986. The Morgan fingerprint density at radius 1 is 0.266 bits per heavy atom. The van der Waals surface area contributed by atoms with Crippen molar-refractivity contribution in [3.05, 3.63) is 146 Å². The highest BCUT2D eigenvalue weighted by molar-refractivity contribution is 5.71. The van der Waals surface area contributed by atoms with Gasteiger partial charge < -0.3 is 14.2 Å². The van der Waals surface area contributed by atoms with Crippen LogP contribution in [-0.2, 0) is 28.6 Å². The Hall–Kier alpha value is -4.71. The predicted molar refractivity (Wildman–Crippen MR) is 343 cm³/mol. The predicted octanol–water partition coefficient (Wildman–Crippen LogP) is 22.3. The third-order valence-electron chi connectivity index (χ3n) is 13.3. The second kappa shape index (κ2) is 65.8. The van der Waals surface area contributed by atoms with Crippen molar-refractivity contribution >= 4 is 17.9 Å². The van der Waals surface area contributed by atoms with E-state index in [0.29, 0.717) is 12.8 Å². The van der Waals surface area contributed by atoms with Gasteiger partial charge in [-0.1, -0.05) is 269 Å². The zero-order chi connectivity index (χ0) is 57.1. The molecule has 0 saturated carbocycles. The third-order valence-corrected chi connectivity index (χ3v) is 13.3. The van der Waals surface area contributed by atoms with Crippen LogP contribution in [0.25, 0.3) is 0 Å². The molecule has 0 aromatic rings.